The van der Waals surface area contributed by atoms with Gasteiger partial charge in [0.1, 0.15) is 5.75 Å². The minimum atomic E-state index is -0.0458. The summed E-state index contributed by atoms with van der Waals surface area (Å²) in [5.74, 6) is 2.13. The van der Waals surface area contributed by atoms with Crippen LogP contribution in [-0.2, 0) is 4.79 Å². The fraction of sp³-hybridized carbons (Fsp3) is 0.235. The van der Waals surface area contributed by atoms with Crippen LogP contribution in [0.5, 0.6) is 17.2 Å². The second kappa shape index (κ2) is 6.85. The molecule has 0 unspecified atom stereocenters. The van der Waals surface area contributed by atoms with Crippen LogP contribution in [0.2, 0.25) is 0 Å². The molecule has 1 aliphatic heterocycles. The van der Waals surface area contributed by atoms with Crippen molar-refractivity contribution in [3.8, 4) is 17.2 Å². The SMILES string of the molecule is O=C(CCCOc1ccccc1)Nc1ccc2c(c1)OCO2. The summed E-state index contributed by atoms with van der Waals surface area (Å²) in [7, 11) is 0. The van der Waals surface area contributed by atoms with Crippen LogP contribution in [0.3, 0.4) is 0 Å². The van der Waals surface area contributed by atoms with Crippen LogP contribution in [0.15, 0.2) is 48.5 Å². The quantitative estimate of drug-likeness (QED) is 0.832. The predicted molar refractivity (Wildman–Crippen MR) is 82.4 cm³/mol. The molecule has 0 saturated heterocycles. The zero-order valence-corrected chi connectivity index (χ0v) is 12.1. The third kappa shape index (κ3) is 3.69. The predicted octanol–water partition coefficient (Wildman–Crippen LogP) is 3.21. The third-order valence-electron chi connectivity index (χ3n) is 3.22. The molecule has 22 heavy (non-hydrogen) atoms. The topological polar surface area (TPSA) is 56.8 Å². The number of hydrogen-bond donors (Lipinski definition) is 1. The molecule has 114 valence electrons. The Kier molecular flexibility index (Phi) is 4.44. The smallest absolute Gasteiger partial charge is 0.231 e. The van der Waals surface area contributed by atoms with Gasteiger partial charge in [-0.25, -0.2) is 0 Å². The number of para-hydroxylation sites is 1. The first kappa shape index (κ1) is 14.3. The molecular formula is C17H17NO4. The summed E-state index contributed by atoms with van der Waals surface area (Å²) in [5, 5.41) is 2.84. The fourth-order valence-electron chi connectivity index (χ4n) is 2.14. The van der Waals surface area contributed by atoms with Gasteiger partial charge < -0.3 is 19.5 Å². The molecule has 1 N–H and O–H groups in total. The van der Waals surface area contributed by atoms with E-state index in [4.69, 9.17) is 14.2 Å². The number of amides is 1. The summed E-state index contributed by atoms with van der Waals surface area (Å²) in [6.45, 7) is 0.738. The molecule has 1 heterocycles. The van der Waals surface area contributed by atoms with Crippen molar-refractivity contribution in [2.45, 2.75) is 12.8 Å². The van der Waals surface area contributed by atoms with Gasteiger partial charge in [0.05, 0.1) is 6.61 Å². The van der Waals surface area contributed by atoms with Crippen molar-refractivity contribution in [1.29, 1.82) is 0 Å². The van der Waals surface area contributed by atoms with E-state index in [1.807, 2.05) is 30.3 Å². The Bertz CT molecular complexity index is 642. The molecule has 1 amide bonds. The first-order chi connectivity index (χ1) is 10.8. The van der Waals surface area contributed by atoms with Crippen LogP contribution >= 0.6 is 0 Å². The normalized spacial score (nSPS) is 12.0. The van der Waals surface area contributed by atoms with Gasteiger partial charge in [-0.3, -0.25) is 4.79 Å². The van der Waals surface area contributed by atoms with Crippen molar-refractivity contribution < 1.29 is 19.0 Å². The molecule has 0 saturated carbocycles. The lowest BCUT2D eigenvalue weighted by Crippen LogP contribution is -2.12. The number of anilines is 1. The Morgan fingerprint density at radius 2 is 1.91 bits per heavy atom. The van der Waals surface area contributed by atoms with Gasteiger partial charge in [0.15, 0.2) is 11.5 Å². The zero-order valence-electron chi connectivity index (χ0n) is 12.1. The van der Waals surface area contributed by atoms with Crippen molar-refractivity contribution in [3.63, 3.8) is 0 Å². The van der Waals surface area contributed by atoms with Gasteiger partial charge in [-0.2, -0.15) is 0 Å². The highest BCUT2D eigenvalue weighted by molar-refractivity contribution is 5.91. The van der Waals surface area contributed by atoms with Gasteiger partial charge in [-0.05, 0) is 30.7 Å². The number of carbonyl (C=O) groups excluding carboxylic acids is 1. The average molecular weight is 299 g/mol. The van der Waals surface area contributed by atoms with Gasteiger partial charge in [-0.1, -0.05) is 18.2 Å². The third-order valence-corrected chi connectivity index (χ3v) is 3.22. The maximum absolute atomic E-state index is 11.9. The molecule has 0 atom stereocenters. The number of nitrogens with one attached hydrogen (secondary N) is 1. The van der Waals surface area contributed by atoms with E-state index < -0.39 is 0 Å². The Labute approximate surface area is 128 Å². The van der Waals surface area contributed by atoms with Crippen molar-refractivity contribution in [2.24, 2.45) is 0 Å². The lowest BCUT2D eigenvalue weighted by molar-refractivity contribution is -0.116. The molecule has 3 rings (SSSR count). The highest BCUT2D eigenvalue weighted by Crippen LogP contribution is 2.34. The average Bonchev–Trinajstić information content (AvgIpc) is 3.00. The van der Waals surface area contributed by atoms with Crippen molar-refractivity contribution in [1.82, 2.24) is 0 Å². The van der Waals surface area contributed by atoms with Crippen molar-refractivity contribution >= 4 is 11.6 Å². The van der Waals surface area contributed by atoms with E-state index in [-0.39, 0.29) is 12.7 Å². The van der Waals surface area contributed by atoms with E-state index in [1.165, 1.54) is 0 Å². The van der Waals surface area contributed by atoms with E-state index in [0.29, 0.717) is 36.6 Å². The van der Waals surface area contributed by atoms with E-state index >= 15 is 0 Å². The number of ether oxygens (including phenoxy) is 3. The highest BCUT2D eigenvalue weighted by Gasteiger charge is 2.13. The maximum Gasteiger partial charge on any atom is 0.231 e. The molecule has 2 aromatic carbocycles. The molecule has 0 aromatic heterocycles. The maximum atomic E-state index is 11.9. The standard InChI is InChI=1S/C17H17NO4/c19-17(7-4-10-20-14-5-2-1-3-6-14)18-13-8-9-15-16(11-13)22-12-21-15/h1-3,5-6,8-9,11H,4,7,10,12H2,(H,18,19). The van der Waals surface area contributed by atoms with Crippen LogP contribution in [0, 0.1) is 0 Å². The van der Waals surface area contributed by atoms with Gasteiger partial charge in [0.2, 0.25) is 12.7 Å². The Morgan fingerprint density at radius 3 is 2.77 bits per heavy atom. The number of hydrogen-bond acceptors (Lipinski definition) is 4. The minimum absolute atomic E-state index is 0.0458. The van der Waals surface area contributed by atoms with E-state index in [2.05, 4.69) is 5.32 Å². The number of benzene rings is 2. The number of fused-ring (bicyclic) bond motifs is 1. The van der Waals surface area contributed by atoms with Crippen molar-refractivity contribution in [2.75, 3.05) is 18.7 Å². The van der Waals surface area contributed by atoms with Gasteiger partial charge in [0.25, 0.3) is 0 Å². The lowest BCUT2D eigenvalue weighted by atomic mass is 10.2. The van der Waals surface area contributed by atoms with Gasteiger partial charge >= 0.3 is 0 Å². The summed E-state index contributed by atoms with van der Waals surface area (Å²) in [4.78, 5) is 11.9. The van der Waals surface area contributed by atoms with E-state index in [0.717, 1.165) is 5.75 Å². The first-order valence-electron chi connectivity index (χ1n) is 7.18. The molecule has 0 bridgehead atoms. The fourth-order valence-corrected chi connectivity index (χ4v) is 2.14. The summed E-state index contributed by atoms with van der Waals surface area (Å²) >= 11 is 0. The summed E-state index contributed by atoms with van der Waals surface area (Å²) in [6, 6.07) is 14.9. The molecule has 2 aromatic rings. The molecule has 5 heteroatoms. The van der Waals surface area contributed by atoms with Crippen LogP contribution in [0.25, 0.3) is 0 Å². The molecule has 0 aliphatic carbocycles. The number of rotatable bonds is 6. The Hall–Kier alpha value is -2.69. The van der Waals surface area contributed by atoms with Gasteiger partial charge in [0, 0.05) is 18.2 Å². The molecule has 0 radical (unpaired) electrons. The molecule has 1 aliphatic rings. The molecular weight excluding hydrogens is 282 g/mol. The van der Waals surface area contributed by atoms with E-state index in [1.54, 1.807) is 18.2 Å². The minimum Gasteiger partial charge on any atom is -0.494 e. The largest absolute Gasteiger partial charge is 0.494 e. The summed E-state index contributed by atoms with van der Waals surface area (Å²) in [6.07, 6.45) is 1.06. The first-order valence-corrected chi connectivity index (χ1v) is 7.18. The Balaban J connectivity index is 1.41. The van der Waals surface area contributed by atoms with Crippen LogP contribution in [0.1, 0.15) is 12.8 Å². The van der Waals surface area contributed by atoms with Crippen LogP contribution < -0.4 is 19.5 Å². The zero-order chi connectivity index (χ0) is 15.2. The molecule has 5 nitrogen and oxygen atoms in total. The second-order valence-corrected chi connectivity index (χ2v) is 4.88. The molecule has 0 spiro atoms. The van der Waals surface area contributed by atoms with Gasteiger partial charge in [-0.15, -0.1) is 0 Å². The lowest BCUT2D eigenvalue weighted by Gasteiger charge is -2.07. The second-order valence-electron chi connectivity index (χ2n) is 4.88. The summed E-state index contributed by atoms with van der Waals surface area (Å²) in [5.41, 5.74) is 0.707. The molecule has 0 fully saturated rings. The van der Waals surface area contributed by atoms with Crippen LogP contribution in [0.4, 0.5) is 5.69 Å². The van der Waals surface area contributed by atoms with Crippen molar-refractivity contribution in [3.05, 3.63) is 48.5 Å². The summed E-state index contributed by atoms with van der Waals surface area (Å²) < 4.78 is 16.1. The van der Waals surface area contributed by atoms with Crippen LogP contribution in [-0.4, -0.2) is 19.3 Å². The Morgan fingerprint density at radius 1 is 1.09 bits per heavy atom. The highest BCUT2D eigenvalue weighted by atomic mass is 16.7. The van der Waals surface area contributed by atoms with E-state index in [9.17, 15) is 4.79 Å². The number of carbonyl (C=O) groups is 1. The monoisotopic (exact) mass is 299 g/mol.